The fourth-order valence-corrected chi connectivity index (χ4v) is 4.44. The molecule has 0 radical (unpaired) electrons. The Morgan fingerprint density at radius 2 is 1.79 bits per heavy atom. The van der Waals surface area contributed by atoms with E-state index in [1.54, 1.807) is 0 Å². The van der Waals surface area contributed by atoms with Gasteiger partial charge in [-0.2, -0.15) is 13.2 Å². The van der Waals surface area contributed by atoms with Crippen molar-refractivity contribution in [3.63, 3.8) is 0 Å². The van der Waals surface area contributed by atoms with Gasteiger partial charge in [0.15, 0.2) is 11.4 Å². The first-order valence-electron chi connectivity index (χ1n) is 9.54. The normalized spacial score (nSPS) is 18.0. The molecule has 1 amide bonds. The lowest BCUT2D eigenvalue weighted by molar-refractivity contribution is -0.136. The van der Waals surface area contributed by atoms with Crippen molar-refractivity contribution in [2.24, 2.45) is 0 Å². The molecule has 0 saturated carbocycles. The number of rotatable bonds is 2. The van der Waals surface area contributed by atoms with Crippen molar-refractivity contribution in [3.8, 4) is 0 Å². The first-order chi connectivity index (χ1) is 13.9. The number of piperidine rings is 1. The maximum Gasteiger partial charge on any atom is 0.417 e. The summed E-state index contributed by atoms with van der Waals surface area (Å²) in [5, 5.41) is 3.94. The van der Waals surface area contributed by atoms with Crippen molar-refractivity contribution in [2.45, 2.75) is 31.5 Å². The van der Waals surface area contributed by atoms with Crippen molar-refractivity contribution in [1.82, 2.24) is 5.16 Å². The zero-order valence-corrected chi connectivity index (χ0v) is 15.4. The molecule has 2 aliphatic rings. The second kappa shape index (κ2) is 6.50. The molecule has 0 atom stereocenters. The second-order valence-electron chi connectivity index (χ2n) is 7.47. The summed E-state index contributed by atoms with van der Waals surface area (Å²) in [7, 11) is 0. The highest BCUT2D eigenvalue weighted by Crippen LogP contribution is 2.40. The van der Waals surface area contributed by atoms with Crippen LogP contribution in [-0.4, -0.2) is 30.2 Å². The summed E-state index contributed by atoms with van der Waals surface area (Å²) >= 11 is 0. The number of alkyl halides is 3. The average molecular weight is 401 g/mol. The Hall–Kier alpha value is -3.03. The first-order valence-corrected chi connectivity index (χ1v) is 9.54. The van der Waals surface area contributed by atoms with Crippen LogP contribution in [0.2, 0.25) is 0 Å². The van der Waals surface area contributed by atoms with Gasteiger partial charge in [-0.1, -0.05) is 29.4 Å². The summed E-state index contributed by atoms with van der Waals surface area (Å²) in [4.78, 5) is 16.2. The standard InChI is InChI=1S/C21H18F3N3O2/c22-21(23,24)15-5-3-7-17-19(15)20(25-29-17)26-10-8-14(9-11-26)27-16-6-2-1-4-13(16)12-18(27)28/h1-7,14H,8-12H2. The van der Waals surface area contributed by atoms with Gasteiger partial charge in [0.2, 0.25) is 5.91 Å². The summed E-state index contributed by atoms with van der Waals surface area (Å²) in [6.07, 6.45) is -2.77. The van der Waals surface area contributed by atoms with E-state index in [9.17, 15) is 18.0 Å². The number of aromatic nitrogens is 1. The Labute approximate surface area is 164 Å². The Bertz CT molecular complexity index is 1080. The highest BCUT2D eigenvalue weighted by molar-refractivity contribution is 6.02. The van der Waals surface area contributed by atoms with E-state index in [2.05, 4.69) is 5.16 Å². The van der Waals surface area contributed by atoms with Gasteiger partial charge in [-0.15, -0.1) is 0 Å². The molecule has 3 aromatic rings. The fourth-order valence-electron chi connectivity index (χ4n) is 4.44. The van der Waals surface area contributed by atoms with Crippen LogP contribution in [0.1, 0.15) is 24.0 Å². The number of carbonyl (C=O) groups is 1. The van der Waals surface area contributed by atoms with Gasteiger partial charge in [0, 0.05) is 24.8 Å². The lowest BCUT2D eigenvalue weighted by atomic mass is 10.0. The van der Waals surface area contributed by atoms with Crippen LogP contribution in [0.4, 0.5) is 24.7 Å². The van der Waals surface area contributed by atoms with Gasteiger partial charge in [0.1, 0.15) is 0 Å². The number of carbonyl (C=O) groups excluding carboxylic acids is 1. The molecule has 1 fully saturated rings. The van der Waals surface area contributed by atoms with Crippen molar-refractivity contribution < 1.29 is 22.5 Å². The molecule has 5 nitrogen and oxygen atoms in total. The number of para-hydroxylation sites is 1. The average Bonchev–Trinajstić information content (AvgIpc) is 3.27. The fraction of sp³-hybridized carbons (Fsp3) is 0.333. The van der Waals surface area contributed by atoms with E-state index >= 15 is 0 Å². The van der Waals surface area contributed by atoms with E-state index in [-0.39, 0.29) is 28.7 Å². The molecule has 150 valence electrons. The van der Waals surface area contributed by atoms with E-state index < -0.39 is 11.7 Å². The van der Waals surface area contributed by atoms with E-state index in [1.165, 1.54) is 12.1 Å². The summed E-state index contributed by atoms with van der Waals surface area (Å²) in [5.41, 5.74) is 1.36. The predicted molar refractivity (Wildman–Crippen MR) is 102 cm³/mol. The van der Waals surface area contributed by atoms with Crippen LogP contribution in [0, 0.1) is 0 Å². The Balaban J connectivity index is 1.40. The minimum absolute atomic E-state index is 0.000967. The SMILES string of the molecule is O=C1Cc2ccccc2N1C1CCN(c2noc3cccc(C(F)(F)F)c23)CC1. The zero-order chi connectivity index (χ0) is 20.2. The molecule has 29 heavy (non-hydrogen) atoms. The second-order valence-corrected chi connectivity index (χ2v) is 7.47. The van der Waals surface area contributed by atoms with Crippen LogP contribution in [0.5, 0.6) is 0 Å². The smallest absolute Gasteiger partial charge is 0.354 e. The van der Waals surface area contributed by atoms with Crippen molar-refractivity contribution in [2.75, 3.05) is 22.9 Å². The summed E-state index contributed by atoms with van der Waals surface area (Å²) < 4.78 is 45.6. The summed E-state index contributed by atoms with van der Waals surface area (Å²) in [6, 6.07) is 11.6. The van der Waals surface area contributed by atoms with Gasteiger partial charge >= 0.3 is 6.18 Å². The monoisotopic (exact) mass is 401 g/mol. The number of benzene rings is 2. The van der Waals surface area contributed by atoms with Gasteiger partial charge in [0.05, 0.1) is 17.4 Å². The minimum atomic E-state index is -4.48. The lowest BCUT2D eigenvalue weighted by Crippen LogP contribution is -2.46. The predicted octanol–water partition coefficient (Wildman–Crippen LogP) is 4.40. The van der Waals surface area contributed by atoms with Crippen LogP contribution < -0.4 is 9.80 Å². The van der Waals surface area contributed by atoms with Gasteiger partial charge < -0.3 is 14.3 Å². The molecule has 0 bridgehead atoms. The molecule has 3 heterocycles. The summed E-state index contributed by atoms with van der Waals surface area (Å²) in [6.45, 7) is 1.01. The Morgan fingerprint density at radius 1 is 1.03 bits per heavy atom. The van der Waals surface area contributed by atoms with Crippen LogP contribution in [-0.2, 0) is 17.4 Å². The number of hydrogen-bond acceptors (Lipinski definition) is 4. The molecule has 0 spiro atoms. The van der Waals surface area contributed by atoms with Crippen LogP contribution in [0.3, 0.4) is 0 Å². The van der Waals surface area contributed by atoms with Crippen molar-refractivity contribution >= 4 is 28.4 Å². The van der Waals surface area contributed by atoms with Crippen LogP contribution >= 0.6 is 0 Å². The molecule has 8 heteroatoms. The molecule has 2 aliphatic heterocycles. The minimum Gasteiger partial charge on any atom is -0.354 e. The van der Waals surface area contributed by atoms with Crippen LogP contribution in [0.15, 0.2) is 47.0 Å². The topological polar surface area (TPSA) is 49.6 Å². The number of halogens is 3. The highest BCUT2D eigenvalue weighted by Gasteiger charge is 2.38. The third kappa shape index (κ3) is 2.94. The summed E-state index contributed by atoms with van der Waals surface area (Å²) in [5.74, 6) is 0.301. The Kier molecular flexibility index (Phi) is 4.04. The van der Waals surface area contributed by atoms with Gasteiger partial charge in [-0.25, -0.2) is 0 Å². The van der Waals surface area contributed by atoms with E-state index in [0.717, 1.165) is 17.3 Å². The molecule has 1 aromatic heterocycles. The maximum atomic E-state index is 13.5. The number of amides is 1. The van der Waals surface area contributed by atoms with Gasteiger partial charge in [0.25, 0.3) is 0 Å². The lowest BCUT2D eigenvalue weighted by Gasteiger charge is -2.37. The highest BCUT2D eigenvalue weighted by atomic mass is 19.4. The molecular formula is C21H18F3N3O2. The molecule has 0 aliphatic carbocycles. The van der Waals surface area contributed by atoms with E-state index in [1.807, 2.05) is 34.1 Å². The van der Waals surface area contributed by atoms with E-state index in [0.29, 0.717) is 32.4 Å². The number of hydrogen-bond donors (Lipinski definition) is 0. The Morgan fingerprint density at radius 3 is 2.55 bits per heavy atom. The molecule has 0 N–H and O–H groups in total. The first kappa shape index (κ1) is 18.0. The maximum absolute atomic E-state index is 13.5. The molecule has 1 saturated heterocycles. The number of nitrogens with zero attached hydrogens (tertiary/aromatic N) is 3. The van der Waals surface area contributed by atoms with Crippen LogP contribution in [0.25, 0.3) is 11.0 Å². The third-order valence-corrected chi connectivity index (χ3v) is 5.78. The molecular weight excluding hydrogens is 383 g/mol. The van der Waals surface area contributed by atoms with Gasteiger partial charge in [-0.3, -0.25) is 4.79 Å². The van der Waals surface area contributed by atoms with Gasteiger partial charge in [-0.05, 0) is 36.6 Å². The largest absolute Gasteiger partial charge is 0.417 e. The van der Waals surface area contributed by atoms with E-state index in [4.69, 9.17) is 4.52 Å². The third-order valence-electron chi connectivity index (χ3n) is 5.78. The van der Waals surface area contributed by atoms with Crippen molar-refractivity contribution in [3.05, 3.63) is 53.6 Å². The number of fused-ring (bicyclic) bond motifs is 2. The zero-order valence-electron chi connectivity index (χ0n) is 15.4. The number of anilines is 2. The van der Waals surface area contributed by atoms with Crippen molar-refractivity contribution in [1.29, 1.82) is 0 Å². The molecule has 0 unspecified atom stereocenters. The molecule has 5 rings (SSSR count). The quantitative estimate of drug-likeness (QED) is 0.639. The molecule has 2 aromatic carbocycles.